The van der Waals surface area contributed by atoms with Gasteiger partial charge in [0.1, 0.15) is 4.90 Å². The number of aliphatic hydroxyl groups excluding tert-OH is 2. The predicted octanol–water partition coefficient (Wildman–Crippen LogP) is -0.0340. The average molecular weight is 1010 g/mol. The van der Waals surface area contributed by atoms with E-state index >= 15 is 0 Å². The molecule has 66 heavy (non-hydrogen) atoms. The number of aliphatic hydroxyl groups is 2. The lowest BCUT2D eigenvalue weighted by Crippen LogP contribution is -2.27. The minimum Gasteiger partial charge on any atom is -0.394 e. The van der Waals surface area contributed by atoms with Crippen molar-refractivity contribution in [3.8, 4) is 5.75 Å². The molecular formula is C34H48N12O16S4. The van der Waals surface area contributed by atoms with E-state index in [2.05, 4.69) is 51.2 Å². The molecule has 0 bridgehead atoms. The average Bonchev–Trinajstić information content (AvgIpc) is 3.23. The topological polar surface area (TPSA) is 400 Å². The third-order valence-corrected chi connectivity index (χ3v) is 10.9. The number of hydrogen-bond acceptors (Lipinski definition) is 24. The molecule has 32 heteroatoms. The van der Waals surface area contributed by atoms with Crippen LogP contribution in [0.15, 0.2) is 41.3 Å². The van der Waals surface area contributed by atoms with E-state index in [1.165, 1.54) is 66.4 Å². The standard InChI is InChI=1S/C34H48N12O16S4/c1-45(11-19-64(51,52)53)33-41-29(35-9-15-60-17-13-47)39-31(43-33)37-25-7-5-23(27(21-25)62-63(49)50)3-4-24-6-8-26(22-28(24)66(57,58)59)38-32-40-30(36-10-16-61-18-14-48)42-34(44-32)46(2)12-20-65(54,55)56/h3-8,21-22,47-48H,9-20H2,1-2H3,(H,49,50)(H,51,52,53)(H,54,55,56)(H,57,58,59)(H2,35,37,39,41,43)(H2,36,38,40,42,44). The summed E-state index contributed by atoms with van der Waals surface area (Å²) in [6, 6.07) is 8.00. The Labute approximate surface area is 381 Å². The van der Waals surface area contributed by atoms with Crippen LogP contribution >= 0.6 is 0 Å². The van der Waals surface area contributed by atoms with Crippen LogP contribution < -0.4 is 35.3 Å². The monoisotopic (exact) mass is 1010 g/mol. The van der Waals surface area contributed by atoms with Gasteiger partial charge in [-0.2, -0.15) is 59.4 Å². The molecule has 2 aromatic carbocycles. The normalized spacial score (nSPS) is 12.5. The van der Waals surface area contributed by atoms with E-state index < -0.39 is 58.1 Å². The van der Waals surface area contributed by atoms with E-state index in [1.54, 1.807) is 0 Å². The molecule has 0 radical (unpaired) electrons. The minimum absolute atomic E-state index is 0.00983. The molecule has 0 aliphatic heterocycles. The van der Waals surface area contributed by atoms with Gasteiger partial charge in [0.25, 0.3) is 30.4 Å². The van der Waals surface area contributed by atoms with Gasteiger partial charge in [-0.05, 0) is 29.8 Å². The maximum absolute atomic E-state index is 12.7. The van der Waals surface area contributed by atoms with Crippen molar-refractivity contribution in [2.75, 3.05) is 122 Å². The quantitative estimate of drug-likeness (QED) is 0.0148. The van der Waals surface area contributed by atoms with Crippen LogP contribution in [0.25, 0.3) is 12.2 Å². The van der Waals surface area contributed by atoms with Gasteiger partial charge in [-0.15, -0.1) is 0 Å². The second kappa shape index (κ2) is 24.8. The van der Waals surface area contributed by atoms with Crippen molar-refractivity contribution in [3.05, 3.63) is 47.5 Å². The van der Waals surface area contributed by atoms with Crippen molar-refractivity contribution < 1.29 is 71.5 Å². The summed E-state index contributed by atoms with van der Waals surface area (Å²) < 4.78 is 137. The van der Waals surface area contributed by atoms with Crippen LogP contribution in [0.3, 0.4) is 0 Å². The largest absolute Gasteiger partial charge is 0.394 e. The number of anilines is 8. The zero-order chi connectivity index (χ0) is 48.5. The summed E-state index contributed by atoms with van der Waals surface area (Å²) in [5, 5.41) is 29.4. The molecule has 0 spiro atoms. The molecule has 2 heterocycles. The second-order valence-electron chi connectivity index (χ2n) is 13.4. The number of benzene rings is 2. The lowest BCUT2D eigenvalue weighted by atomic mass is 10.1. The zero-order valence-electron chi connectivity index (χ0n) is 35.1. The molecule has 1 atom stereocenters. The Bertz CT molecular complexity index is 2650. The highest BCUT2D eigenvalue weighted by molar-refractivity contribution is 7.86. The van der Waals surface area contributed by atoms with Gasteiger partial charge in [0.15, 0.2) is 5.75 Å². The Morgan fingerprint density at radius 1 is 0.636 bits per heavy atom. The Morgan fingerprint density at radius 3 is 1.52 bits per heavy atom. The maximum Gasteiger partial charge on any atom is 0.357 e. The lowest BCUT2D eigenvalue weighted by Gasteiger charge is -2.18. The van der Waals surface area contributed by atoms with Gasteiger partial charge in [-0.3, -0.25) is 18.2 Å². The molecule has 10 N–H and O–H groups in total. The molecule has 0 aliphatic rings. The van der Waals surface area contributed by atoms with E-state index in [4.69, 9.17) is 23.9 Å². The summed E-state index contributed by atoms with van der Waals surface area (Å²) in [6.07, 6.45) is 2.61. The molecule has 0 saturated heterocycles. The molecule has 364 valence electrons. The summed E-state index contributed by atoms with van der Waals surface area (Å²) in [5.41, 5.74) is 0.363. The molecule has 0 fully saturated rings. The molecule has 4 rings (SSSR count). The first-order chi connectivity index (χ1) is 31.1. The first-order valence-electron chi connectivity index (χ1n) is 19.1. The Morgan fingerprint density at radius 2 is 1.08 bits per heavy atom. The minimum atomic E-state index is -4.92. The van der Waals surface area contributed by atoms with Crippen molar-refractivity contribution >= 4 is 101 Å². The summed E-state index contributed by atoms with van der Waals surface area (Å²) >= 11 is -2.85. The van der Waals surface area contributed by atoms with Crippen LogP contribution in [-0.4, -0.2) is 179 Å². The van der Waals surface area contributed by atoms with Crippen molar-refractivity contribution in [3.63, 3.8) is 0 Å². The molecule has 4 aromatic rings. The summed E-state index contributed by atoms with van der Waals surface area (Å²) in [7, 11) is -10.7. The van der Waals surface area contributed by atoms with Gasteiger partial charge in [0, 0.05) is 63.3 Å². The van der Waals surface area contributed by atoms with Gasteiger partial charge in [-0.1, -0.05) is 18.2 Å². The molecule has 1 unspecified atom stereocenters. The van der Waals surface area contributed by atoms with Gasteiger partial charge in [-0.25, -0.2) is 0 Å². The van der Waals surface area contributed by atoms with Crippen molar-refractivity contribution in [2.45, 2.75) is 4.90 Å². The van der Waals surface area contributed by atoms with Crippen molar-refractivity contribution in [2.24, 2.45) is 0 Å². The fraction of sp³-hybridized carbons (Fsp3) is 0.412. The molecule has 0 amide bonds. The lowest BCUT2D eigenvalue weighted by molar-refractivity contribution is 0.0991. The van der Waals surface area contributed by atoms with Crippen molar-refractivity contribution in [1.82, 2.24) is 29.9 Å². The Kier molecular flexibility index (Phi) is 20.0. The number of hydrogen-bond donors (Lipinski definition) is 10. The third kappa shape index (κ3) is 18.8. The van der Waals surface area contributed by atoms with Crippen LogP contribution in [0.4, 0.5) is 47.1 Å². The Balaban J connectivity index is 1.63. The van der Waals surface area contributed by atoms with Crippen molar-refractivity contribution in [1.29, 1.82) is 0 Å². The van der Waals surface area contributed by atoms with E-state index in [1.807, 2.05) is 0 Å². The smallest absolute Gasteiger partial charge is 0.357 e. The van der Waals surface area contributed by atoms with Gasteiger partial charge in [0.05, 0.1) is 51.1 Å². The van der Waals surface area contributed by atoms with Crippen LogP contribution in [0.1, 0.15) is 11.1 Å². The van der Waals surface area contributed by atoms with Crippen LogP contribution in [0.2, 0.25) is 0 Å². The highest BCUT2D eigenvalue weighted by Crippen LogP contribution is 2.30. The zero-order valence-corrected chi connectivity index (χ0v) is 38.3. The highest BCUT2D eigenvalue weighted by Gasteiger charge is 2.19. The fourth-order valence-corrected chi connectivity index (χ4v) is 7.18. The van der Waals surface area contributed by atoms with Crippen LogP contribution in [-0.2, 0) is 51.2 Å². The molecular weight excluding hydrogens is 961 g/mol. The highest BCUT2D eigenvalue weighted by atomic mass is 32.2. The van der Waals surface area contributed by atoms with E-state index in [0.29, 0.717) is 0 Å². The fourth-order valence-electron chi connectivity index (χ4n) is 5.16. The number of rotatable bonds is 29. The van der Waals surface area contributed by atoms with E-state index in [-0.39, 0.29) is 130 Å². The van der Waals surface area contributed by atoms with E-state index in [0.717, 1.165) is 6.07 Å². The summed E-state index contributed by atoms with van der Waals surface area (Å²) in [4.78, 5) is 27.7. The first-order valence-corrected chi connectivity index (χ1v) is 24.8. The van der Waals surface area contributed by atoms with Crippen LogP contribution in [0, 0.1) is 0 Å². The summed E-state index contributed by atoms with van der Waals surface area (Å²) in [6.45, 7) is 0.0601. The second-order valence-corrected chi connectivity index (χ2v) is 18.5. The van der Waals surface area contributed by atoms with Gasteiger partial charge in [0.2, 0.25) is 35.7 Å². The van der Waals surface area contributed by atoms with Gasteiger partial charge >= 0.3 is 11.4 Å². The van der Waals surface area contributed by atoms with Crippen LogP contribution in [0.5, 0.6) is 5.75 Å². The summed E-state index contributed by atoms with van der Waals surface area (Å²) in [5.74, 6) is -1.77. The number of aromatic nitrogens is 6. The Hall–Kier alpha value is -5.52. The SMILES string of the molecule is CN(CCS(=O)(=O)O)c1nc(NCCOCCO)nc(Nc2ccc(C=Cc3ccc(Nc4nc(NCCOCCO)nc(N(C)CCS(=O)(=O)O)n4)cc3S(=O)(=O)O)c(OS(=O)O)c2)n1. The maximum atomic E-state index is 12.7. The number of nitrogens with zero attached hydrogens (tertiary/aromatic N) is 8. The molecule has 0 aliphatic carbocycles. The van der Waals surface area contributed by atoms with E-state index in [9.17, 15) is 47.7 Å². The molecule has 28 nitrogen and oxygen atoms in total. The predicted molar refractivity (Wildman–Crippen MR) is 241 cm³/mol. The third-order valence-electron chi connectivity index (χ3n) is 8.25. The molecule has 2 aromatic heterocycles. The van der Waals surface area contributed by atoms with Gasteiger partial charge < -0.3 is 54.9 Å². The number of ether oxygens (including phenoxy) is 2. The first kappa shape index (κ1) is 53.1. The molecule has 0 saturated carbocycles. The number of nitrogens with one attached hydrogen (secondary N) is 4.